The third kappa shape index (κ3) is 1.84. The summed E-state index contributed by atoms with van der Waals surface area (Å²) >= 11 is 0. The van der Waals surface area contributed by atoms with Crippen molar-refractivity contribution in [1.82, 2.24) is 9.55 Å². The Balaban J connectivity index is 2.89. The standard InChI is InChI=1S/C12H14N2O3/c1-3-7-14-11(15)10-8(13-12(14)16)5-4-6-9(10)17-2/h4-6H,3,7H2,1-2H3,(H,13,16). The Morgan fingerprint density at radius 3 is 2.76 bits per heavy atom. The molecule has 0 spiro atoms. The molecule has 1 heterocycles. The number of fused-ring (bicyclic) bond motifs is 1. The summed E-state index contributed by atoms with van der Waals surface area (Å²) in [6.45, 7) is 2.32. The summed E-state index contributed by atoms with van der Waals surface area (Å²) in [6.07, 6.45) is 0.726. The number of hydrogen-bond acceptors (Lipinski definition) is 3. The Kier molecular flexibility index (Phi) is 2.99. The molecule has 0 aliphatic rings. The summed E-state index contributed by atoms with van der Waals surface area (Å²) in [5, 5.41) is 0.419. The van der Waals surface area contributed by atoms with E-state index < -0.39 is 0 Å². The van der Waals surface area contributed by atoms with Gasteiger partial charge in [-0.3, -0.25) is 9.36 Å². The number of H-pyrrole nitrogens is 1. The molecule has 0 saturated heterocycles. The third-order valence-corrected chi connectivity index (χ3v) is 2.64. The van der Waals surface area contributed by atoms with Gasteiger partial charge in [-0.2, -0.15) is 0 Å². The van der Waals surface area contributed by atoms with Crippen LogP contribution < -0.4 is 16.0 Å². The summed E-state index contributed by atoms with van der Waals surface area (Å²) < 4.78 is 6.35. The van der Waals surface area contributed by atoms with E-state index in [9.17, 15) is 9.59 Å². The fraction of sp³-hybridized carbons (Fsp3) is 0.333. The molecule has 0 unspecified atom stereocenters. The molecule has 1 aromatic carbocycles. The summed E-state index contributed by atoms with van der Waals surface area (Å²) in [5.41, 5.74) is -0.174. The molecule has 5 nitrogen and oxygen atoms in total. The van der Waals surface area contributed by atoms with Crippen LogP contribution in [0.25, 0.3) is 10.9 Å². The Labute approximate surface area is 97.7 Å². The molecule has 5 heteroatoms. The fourth-order valence-corrected chi connectivity index (χ4v) is 1.86. The van der Waals surface area contributed by atoms with E-state index in [0.29, 0.717) is 23.2 Å². The summed E-state index contributed by atoms with van der Waals surface area (Å²) in [6, 6.07) is 5.13. The zero-order valence-corrected chi connectivity index (χ0v) is 9.82. The normalized spacial score (nSPS) is 10.7. The minimum atomic E-state index is -0.377. The smallest absolute Gasteiger partial charge is 0.328 e. The van der Waals surface area contributed by atoms with Crippen molar-refractivity contribution in [2.24, 2.45) is 0 Å². The van der Waals surface area contributed by atoms with Crippen LogP contribution in [-0.2, 0) is 6.54 Å². The number of benzene rings is 1. The van der Waals surface area contributed by atoms with Crippen LogP contribution in [0.1, 0.15) is 13.3 Å². The number of nitrogens with one attached hydrogen (secondary N) is 1. The van der Waals surface area contributed by atoms with Gasteiger partial charge in [0.15, 0.2) is 0 Å². The fourth-order valence-electron chi connectivity index (χ4n) is 1.86. The van der Waals surface area contributed by atoms with Crippen molar-refractivity contribution in [2.45, 2.75) is 19.9 Å². The lowest BCUT2D eigenvalue weighted by Gasteiger charge is -2.07. The number of ether oxygens (including phenoxy) is 1. The molecule has 0 fully saturated rings. The largest absolute Gasteiger partial charge is 0.496 e. The monoisotopic (exact) mass is 234 g/mol. The van der Waals surface area contributed by atoms with Gasteiger partial charge in [0.2, 0.25) is 0 Å². The van der Waals surface area contributed by atoms with Crippen molar-refractivity contribution in [3.63, 3.8) is 0 Å². The Bertz CT molecular complexity index is 655. The van der Waals surface area contributed by atoms with Crippen LogP contribution in [0.2, 0.25) is 0 Å². The zero-order chi connectivity index (χ0) is 12.4. The number of hydrogen-bond donors (Lipinski definition) is 1. The van der Waals surface area contributed by atoms with Crippen LogP contribution in [0.3, 0.4) is 0 Å². The highest BCUT2D eigenvalue weighted by atomic mass is 16.5. The predicted molar refractivity (Wildman–Crippen MR) is 65.7 cm³/mol. The molecule has 0 aliphatic carbocycles. The molecule has 0 atom stereocenters. The van der Waals surface area contributed by atoms with Gasteiger partial charge in [-0.25, -0.2) is 4.79 Å². The van der Waals surface area contributed by atoms with Crippen molar-refractivity contribution in [1.29, 1.82) is 0 Å². The van der Waals surface area contributed by atoms with E-state index in [1.807, 2.05) is 6.92 Å². The average molecular weight is 234 g/mol. The number of rotatable bonds is 3. The first-order valence-electron chi connectivity index (χ1n) is 5.49. The van der Waals surface area contributed by atoms with E-state index in [2.05, 4.69) is 4.98 Å². The van der Waals surface area contributed by atoms with Crippen LogP contribution in [0.4, 0.5) is 0 Å². The van der Waals surface area contributed by atoms with E-state index in [4.69, 9.17) is 4.74 Å². The first-order valence-corrected chi connectivity index (χ1v) is 5.49. The van der Waals surface area contributed by atoms with Crippen molar-refractivity contribution in [3.05, 3.63) is 39.0 Å². The SMILES string of the molecule is CCCn1c(=O)[nH]c2cccc(OC)c2c1=O. The molecular formula is C12H14N2O3. The average Bonchev–Trinajstić information content (AvgIpc) is 2.33. The topological polar surface area (TPSA) is 64.1 Å². The maximum Gasteiger partial charge on any atom is 0.328 e. The summed E-state index contributed by atoms with van der Waals surface area (Å²) in [5.74, 6) is 0.480. The minimum absolute atomic E-state index is 0.303. The van der Waals surface area contributed by atoms with Crippen LogP contribution in [-0.4, -0.2) is 16.7 Å². The molecule has 0 radical (unpaired) electrons. The van der Waals surface area contributed by atoms with Gasteiger partial charge >= 0.3 is 5.69 Å². The molecule has 0 aliphatic heterocycles. The number of aromatic nitrogens is 2. The van der Waals surface area contributed by atoms with Gasteiger partial charge in [0, 0.05) is 6.54 Å². The first kappa shape index (κ1) is 11.4. The molecule has 2 aromatic rings. The second kappa shape index (κ2) is 4.45. The molecular weight excluding hydrogens is 220 g/mol. The van der Waals surface area contributed by atoms with E-state index in [0.717, 1.165) is 6.42 Å². The van der Waals surface area contributed by atoms with Gasteiger partial charge in [-0.1, -0.05) is 13.0 Å². The molecule has 0 amide bonds. The van der Waals surface area contributed by atoms with E-state index in [1.165, 1.54) is 11.7 Å². The van der Waals surface area contributed by atoms with Gasteiger partial charge < -0.3 is 9.72 Å². The molecule has 0 bridgehead atoms. The van der Waals surface area contributed by atoms with Gasteiger partial charge in [-0.15, -0.1) is 0 Å². The zero-order valence-electron chi connectivity index (χ0n) is 9.82. The minimum Gasteiger partial charge on any atom is -0.496 e. The van der Waals surface area contributed by atoms with Gasteiger partial charge in [-0.05, 0) is 18.6 Å². The van der Waals surface area contributed by atoms with Gasteiger partial charge in [0.25, 0.3) is 5.56 Å². The lowest BCUT2D eigenvalue weighted by molar-refractivity contribution is 0.419. The van der Waals surface area contributed by atoms with E-state index >= 15 is 0 Å². The number of methoxy groups -OCH3 is 1. The van der Waals surface area contributed by atoms with Gasteiger partial charge in [0.1, 0.15) is 11.1 Å². The first-order chi connectivity index (χ1) is 8.19. The molecule has 17 heavy (non-hydrogen) atoms. The van der Waals surface area contributed by atoms with Gasteiger partial charge in [0.05, 0.1) is 12.6 Å². The number of aromatic amines is 1. The van der Waals surface area contributed by atoms with Crippen LogP contribution in [0, 0.1) is 0 Å². The maximum atomic E-state index is 12.2. The predicted octanol–water partition coefficient (Wildman–Crippen LogP) is 1.11. The Morgan fingerprint density at radius 1 is 1.35 bits per heavy atom. The summed E-state index contributed by atoms with van der Waals surface area (Å²) in [7, 11) is 1.50. The van der Waals surface area contributed by atoms with Crippen molar-refractivity contribution >= 4 is 10.9 Å². The quantitative estimate of drug-likeness (QED) is 0.865. The molecule has 2 rings (SSSR count). The second-order valence-electron chi connectivity index (χ2n) is 3.77. The summed E-state index contributed by atoms with van der Waals surface area (Å²) in [4.78, 5) is 26.6. The van der Waals surface area contributed by atoms with E-state index in [1.54, 1.807) is 18.2 Å². The lowest BCUT2D eigenvalue weighted by atomic mass is 10.2. The Morgan fingerprint density at radius 2 is 2.12 bits per heavy atom. The maximum absolute atomic E-state index is 12.2. The second-order valence-corrected chi connectivity index (χ2v) is 3.77. The van der Waals surface area contributed by atoms with Crippen molar-refractivity contribution < 1.29 is 4.74 Å². The molecule has 0 saturated carbocycles. The van der Waals surface area contributed by atoms with Crippen LogP contribution in [0.5, 0.6) is 5.75 Å². The third-order valence-electron chi connectivity index (χ3n) is 2.64. The molecule has 90 valence electrons. The number of nitrogens with zero attached hydrogens (tertiary/aromatic N) is 1. The highest BCUT2D eigenvalue weighted by Gasteiger charge is 2.10. The van der Waals surface area contributed by atoms with Crippen LogP contribution in [0.15, 0.2) is 27.8 Å². The van der Waals surface area contributed by atoms with Crippen LogP contribution >= 0.6 is 0 Å². The van der Waals surface area contributed by atoms with Crippen molar-refractivity contribution in [2.75, 3.05) is 7.11 Å². The van der Waals surface area contributed by atoms with Crippen molar-refractivity contribution in [3.8, 4) is 5.75 Å². The Hall–Kier alpha value is -2.04. The molecule has 1 aromatic heterocycles. The molecule has 1 N–H and O–H groups in total. The highest BCUT2D eigenvalue weighted by Crippen LogP contribution is 2.18. The van der Waals surface area contributed by atoms with E-state index in [-0.39, 0.29) is 11.2 Å². The highest BCUT2D eigenvalue weighted by molar-refractivity contribution is 5.83. The lowest BCUT2D eigenvalue weighted by Crippen LogP contribution is -2.35.